The van der Waals surface area contributed by atoms with Gasteiger partial charge in [0.1, 0.15) is 6.04 Å². The molecule has 1 aliphatic rings. The van der Waals surface area contributed by atoms with E-state index in [1.807, 2.05) is 30.5 Å². The average Bonchev–Trinajstić information content (AvgIpc) is 2.80. The lowest BCUT2D eigenvalue weighted by molar-refractivity contribution is -0.155. The summed E-state index contributed by atoms with van der Waals surface area (Å²) in [5.74, 6) is -0.834. The lowest BCUT2D eigenvalue weighted by Gasteiger charge is -2.31. The summed E-state index contributed by atoms with van der Waals surface area (Å²) in [6, 6.07) is 11.3. The molecule has 33 heavy (non-hydrogen) atoms. The number of anilines is 1. The highest BCUT2D eigenvalue weighted by molar-refractivity contribution is 7.98. The first kappa shape index (κ1) is 25.4. The highest BCUT2D eigenvalue weighted by atomic mass is 35.5. The largest absolute Gasteiger partial charge is 0.451 e. The summed E-state index contributed by atoms with van der Waals surface area (Å²) in [5, 5.41) is 3.28. The quantitative estimate of drug-likeness (QED) is 0.520. The number of hydrogen-bond donors (Lipinski definition) is 1. The van der Waals surface area contributed by atoms with Crippen LogP contribution in [0.4, 0.5) is 5.69 Å². The summed E-state index contributed by atoms with van der Waals surface area (Å²) in [6.45, 7) is 2.13. The first-order valence-corrected chi connectivity index (χ1v) is 12.8. The fourth-order valence-corrected chi connectivity index (χ4v) is 4.65. The van der Waals surface area contributed by atoms with E-state index in [1.54, 1.807) is 17.9 Å². The number of amides is 2. The molecule has 0 aromatic heterocycles. The number of halogens is 2. The monoisotopic (exact) mass is 508 g/mol. The Hall–Kier alpha value is -2.22. The Morgan fingerprint density at radius 2 is 1.94 bits per heavy atom. The van der Waals surface area contributed by atoms with Crippen molar-refractivity contribution in [1.29, 1.82) is 0 Å². The van der Waals surface area contributed by atoms with E-state index in [1.165, 1.54) is 23.9 Å². The molecule has 1 N–H and O–H groups in total. The average molecular weight is 509 g/mol. The van der Waals surface area contributed by atoms with Crippen molar-refractivity contribution in [3.8, 4) is 0 Å². The van der Waals surface area contributed by atoms with Gasteiger partial charge in [0.2, 0.25) is 0 Å². The summed E-state index contributed by atoms with van der Waals surface area (Å²) in [6.07, 6.45) is 3.02. The van der Waals surface area contributed by atoms with Gasteiger partial charge in [-0.2, -0.15) is 11.8 Å². The molecule has 0 saturated carbocycles. The number of hydrogen-bond acceptors (Lipinski definition) is 5. The third-order valence-electron chi connectivity index (χ3n) is 5.39. The molecule has 2 aromatic carbocycles. The van der Waals surface area contributed by atoms with Crippen LogP contribution in [0.1, 0.15) is 35.7 Å². The molecular formula is C24H26Cl2N2O4S. The van der Waals surface area contributed by atoms with Gasteiger partial charge in [-0.3, -0.25) is 9.59 Å². The minimum Gasteiger partial charge on any atom is -0.451 e. The molecule has 0 saturated heterocycles. The number of aryl methyl sites for hydroxylation is 1. The van der Waals surface area contributed by atoms with Gasteiger partial charge in [-0.1, -0.05) is 41.4 Å². The van der Waals surface area contributed by atoms with Gasteiger partial charge in [0.05, 0.1) is 10.6 Å². The number of ether oxygens (including phenoxy) is 1. The standard InChI is InChI=1S/C24H26Cl2N2O4S/c1-15(23(30)28-12-5-7-16-6-3-4-8-21(16)28)32-24(31)20(11-13-33-2)27-22(29)18-10-9-17(25)14-19(18)26/h3-4,6,8-10,14-15,20H,5,7,11-13H2,1-2H3,(H,27,29)/t15-,20-/m0/s1. The summed E-state index contributed by atoms with van der Waals surface area (Å²) in [4.78, 5) is 40.4. The van der Waals surface area contributed by atoms with Crippen LogP contribution < -0.4 is 10.2 Å². The first-order chi connectivity index (χ1) is 15.8. The second-order valence-corrected chi connectivity index (χ2v) is 9.56. The van der Waals surface area contributed by atoms with Crippen LogP contribution in [-0.2, 0) is 20.7 Å². The molecule has 0 spiro atoms. The minimum atomic E-state index is -0.989. The molecule has 1 aliphatic heterocycles. The van der Waals surface area contributed by atoms with Crippen molar-refractivity contribution in [1.82, 2.24) is 5.32 Å². The predicted molar refractivity (Wildman–Crippen MR) is 133 cm³/mol. The SMILES string of the molecule is CSCC[C@H](NC(=O)c1ccc(Cl)cc1Cl)C(=O)O[C@@H](C)C(=O)N1CCCc2ccccc21. The van der Waals surface area contributed by atoms with Crippen LogP contribution in [0.25, 0.3) is 0 Å². The number of esters is 1. The van der Waals surface area contributed by atoms with Crippen LogP contribution in [-0.4, -0.2) is 48.5 Å². The molecule has 0 aliphatic carbocycles. The number of nitrogens with one attached hydrogen (secondary N) is 1. The minimum absolute atomic E-state index is 0.185. The fraction of sp³-hybridized carbons (Fsp3) is 0.375. The molecule has 0 unspecified atom stereocenters. The van der Waals surface area contributed by atoms with Gasteiger partial charge in [-0.05, 0) is 68.0 Å². The van der Waals surface area contributed by atoms with Gasteiger partial charge in [-0.25, -0.2) is 4.79 Å². The number of para-hydroxylation sites is 1. The molecular weight excluding hydrogens is 483 g/mol. The topological polar surface area (TPSA) is 75.7 Å². The third-order valence-corrected chi connectivity index (χ3v) is 6.58. The number of nitrogens with zero attached hydrogens (tertiary/aromatic N) is 1. The van der Waals surface area contributed by atoms with Gasteiger partial charge in [0.15, 0.2) is 6.10 Å². The van der Waals surface area contributed by atoms with E-state index in [4.69, 9.17) is 27.9 Å². The first-order valence-electron chi connectivity index (χ1n) is 10.7. The lowest BCUT2D eigenvalue weighted by atomic mass is 10.0. The Morgan fingerprint density at radius 3 is 2.67 bits per heavy atom. The maximum absolute atomic E-state index is 13.1. The van der Waals surface area contributed by atoms with E-state index in [2.05, 4.69) is 5.32 Å². The molecule has 0 bridgehead atoms. The fourth-order valence-electron chi connectivity index (χ4n) is 3.68. The van der Waals surface area contributed by atoms with Crippen molar-refractivity contribution in [2.75, 3.05) is 23.5 Å². The van der Waals surface area contributed by atoms with Crippen molar-refractivity contribution < 1.29 is 19.1 Å². The summed E-state index contributed by atoms with van der Waals surface area (Å²) < 4.78 is 5.52. The smallest absolute Gasteiger partial charge is 0.329 e. The number of benzene rings is 2. The van der Waals surface area contributed by atoms with Gasteiger partial charge in [0, 0.05) is 17.3 Å². The Bertz CT molecular complexity index is 1030. The van der Waals surface area contributed by atoms with E-state index < -0.39 is 24.0 Å². The zero-order chi connectivity index (χ0) is 24.0. The number of fused-ring (bicyclic) bond motifs is 1. The summed E-state index contributed by atoms with van der Waals surface area (Å²) in [7, 11) is 0. The second-order valence-electron chi connectivity index (χ2n) is 7.73. The Labute approximate surface area is 207 Å². The highest BCUT2D eigenvalue weighted by Gasteiger charge is 2.31. The second kappa shape index (κ2) is 11.8. The van der Waals surface area contributed by atoms with Crippen molar-refractivity contribution >= 4 is 58.4 Å². The molecule has 1 heterocycles. The molecule has 0 radical (unpaired) electrons. The van der Waals surface area contributed by atoms with Crippen molar-refractivity contribution in [2.45, 2.75) is 38.3 Å². The van der Waals surface area contributed by atoms with Crippen LogP contribution in [0.3, 0.4) is 0 Å². The van der Waals surface area contributed by atoms with E-state index in [9.17, 15) is 14.4 Å². The summed E-state index contributed by atoms with van der Waals surface area (Å²) >= 11 is 13.6. The number of carbonyl (C=O) groups excluding carboxylic acids is 3. The maximum atomic E-state index is 13.1. The van der Waals surface area contributed by atoms with Crippen molar-refractivity contribution in [3.05, 3.63) is 63.6 Å². The van der Waals surface area contributed by atoms with Crippen LogP contribution in [0.2, 0.25) is 10.0 Å². The third kappa shape index (κ3) is 6.43. The van der Waals surface area contributed by atoms with E-state index in [0.29, 0.717) is 23.7 Å². The van der Waals surface area contributed by atoms with Crippen molar-refractivity contribution in [3.63, 3.8) is 0 Å². The molecule has 2 amide bonds. The van der Waals surface area contributed by atoms with Crippen LogP contribution in [0.15, 0.2) is 42.5 Å². The Balaban J connectivity index is 1.69. The molecule has 3 rings (SSSR count). The summed E-state index contributed by atoms with van der Waals surface area (Å²) in [5.41, 5.74) is 2.15. The van der Waals surface area contributed by atoms with Crippen LogP contribution in [0.5, 0.6) is 0 Å². The number of thioether (sulfide) groups is 1. The van der Waals surface area contributed by atoms with Gasteiger partial charge < -0.3 is 15.0 Å². The lowest BCUT2D eigenvalue weighted by Crippen LogP contribution is -2.47. The van der Waals surface area contributed by atoms with E-state index >= 15 is 0 Å². The molecule has 6 nitrogen and oxygen atoms in total. The molecule has 9 heteroatoms. The predicted octanol–water partition coefficient (Wildman–Crippen LogP) is 4.76. The molecule has 176 valence electrons. The van der Waals surface area contributed by atoms with Gasteiger partial charge >= 0.3 is 5.97 Å². The maximum Gasteiger partial charge on any atom is 0.329 e. The molecule has 2 aromatic rings. The van der Waals surface area contributed by atoms with Crippen LogP contribution >= 0.6 is 35.0 Å². The zero-order valence-electron chi connectivity index (χ0n) is 18.5. The van der Waals surface area contributed by atoms with E-state index in [-0.39, 0.29) is 16.5 Å². The molecule has 2 atom stereocenters. The Kier molecular flexibility index (Phi) is 9.06. The molecule has 0 fully saturated rings. The number of rotatable bonds is 8. The normalized spacial score (nSPS) is 14.7. The number of carbonyl (C=O) groups is 3. The van der Waals surface area contributed by atoms with Crippen LogP contribution in [0, 0.1) is 0 Å². The highest BCUT2D eigenvalue weighted by Crippen LogP contribution is 2.27. The van der Waals surface area contributed by atoms with Gasteiger partial charge in [0.25, 0.3) is 11.8 Å². The van der Waals surface area contributed by atoms with Gasteiger partial charge in [-0.15, -0.1) is 0 Å². The zero-order valence-corrected chi connectivity index (χ0v) is 20.8. The Morgan fingerprint density at radius 1 is 1.18 bits per heavy atom. The van der Waals surface area contributed by atoms with E-state index in [0.717, 1.165) is 24.1 Å². The van der Waals surface area contributed by atoms with Crippen molar-refractivity contribution in [2.24, 2.45) is 0 Å².